The Labute approximate surface area is 114 Å². The average Bonchev–Trinajstić information content (AvgIpc) is 2.39. The molecule has 0 aliphatic heterocycles. The number of carbonyl (C=O) groups excluding carboxylic acids is 2. The standard InChI is InChI=1S/C15H22N2O2/c1-5-15(3,4)17-13(18)11(2)16-14(19)12-9-7-6-8-10-12/h6-11H,5H2,1-4H3,(H,16,19)(H,17,18). The molecule has 0 aromatic heterocycles. The summed E-state index contributed by atoms with van der Waals surface area (Å²) in [6.45, 7) is 7.60. The Morgan fingerprint density at radius 2 is 1.79 bits per heavy atom. The van der Waals surface area contributed by atoms with Gasteiger partial charge in [-0.15, -0.1) is 0 Å². The van der Waals surface area contributed by atoms with Crippen LogP contribution in [0.4, 0.5) is 0 Å². The fraction of sp³-hybridized carbons (Fsp3) is 0.467. The first-order valence-corrected chi connectivity index (χ1v) is 6.53. The average molecular weight is 262 g/mol. The second-order valence-corrected chi connectivity index (χ2v) is 5.29. The van der Waals surface area contributed by atoms with Crippen molar-refractivity contribution in [1.29, 1.82) is 0 Å². The Balaban J connectivity index is 2.58. The zero-order valence-electron chi connectivity index (χ0n) is 12.0. The third-order valence-electron chi connectivity index (χ3n) is 3.12. The highest BCUT2D eigenvalue weighted by Crippen LogP contribution is 2.07. The summed E-state index contributed by atoms with van der Waals surface area (Å²) in [5, 5.41) is 5.60. The number of hydrogen-bond donors (Lipinski definition) is 2. The molecular weight excluding hydrogens is 240 g/mol. The maximum absolute atomic E-state index is 12.0. The zero-order valence-corrected chi connectivity index (χ0v) is 12.0. The second kappa shape index (κ2) is 6.36. The molecule has 0 fully saturated rings. The SMILES string of the molecule is CCC(C)(C)NC(=O)C(C)NC(=O)c1ccccc1. The van der Waals surface area contributed by atoms with Crippen molar-refractivity contribution in [3.63, 3.8) is 0 Å². The number of carbonyl (C=O) groups is 2. The van der Waals surface area contributed by atoms with Gasteiger partial charge in [-0.25, -0.2) is 0 Å². The molecule has 0 spiro atoms. The van der Waals surface area contributed by atoms with Crippen LogP contribution in [0.15, 0.2) is 30.3 Å². The number of rotatable bonds is 5. The van der Waals surface area contributed by atoms with Gasteiger partial charge in [0.15, 0.2) is 0 Å². The van der Waals surface area contributed by atoms with E-state index in [4.69, 9.17) is 0 Å². The van der Waals surface area contributed by atoms with Crippen LogP contribution in [0, 0.1) is 0 Å². The van der Waals surface area contributed by atoms with Gasteiger partial charge in [0.25, 0.3) is 5.91 Å². The molecule has 0 bridgehead atoms. The highest BCUT2D eigenvalue weighted by molar-refractivity contribution is 5.97. The molecular formula is C15H22N2O2. The van der Waals surface area contributed by atoms with Gasteiger partial charge in [-0.3, -0.25) is 9.59 Å². The second-order valence-electron chi connectivity index (χ2n) is 5.29. The van der Waals surface area contributed by atoms with Gasteiger partial charge >= 0.3 is 0 Å². The summed E-state index contributed by atoms with van der Waals surface area (Å²) in [6.07, 6.45) is 0.831. The maximum Gasteiger partial charge on any atom is 0.251 e. The van der Waals surface area contributed by atoms with E-state index >= 15 is 0 Å². The molecule has 1 rings (SSSR count). The quantitative estimate of drug-likeness (QED) is 0.854. The molecule has 1 atom stereocenters. The topological polar surface area (TPSA) is 58.2 Å². The molecule has 0 saturated carbocycles. The first-order valence-electron chi connectivity index (χ1n) is 6.53. The summed E-state index contributed by atoms with van der Waals surface area (Å²) in [7, 11) is 0. The first kappa shape index (κ1) is 15.2. The lowest BCUT2D eigenvalue weighted by molar-refractivity contribution is -0.124. The predicted octanol–water partition coefficient (Wildman–Crippen LogP) is 2.11. The first-order chi connectivity index (χ1) is 8.85. The summed E-state index contributed by atoms with van der Waals surface area (Å²) >= 11 is 0. The van der Waals surface area contributed by atoms with E-state index in [0.717, 1.165) is 6.42 Å². The zero-order chi connectivity index (χ0) is 14.5. The molecule has 0 saturated heterocycles. The number of amides is 2. The van der Waals surface area contributed by atoms with E-state index in [1.807, 2.05) is 26.8 Å². The van der Waals surface area contributed by atoms with Crippen LogP contribution in [-0.4, -0.2) is 23.4 Å². The Morgan fingerprint density at radius 3 is 2.32 bits per heavy atom. The minimum absolute atomic E-state index is 0.170. The molecule has 0 aliphatic rings. The van der Waals surface area contributed by atoms with Crippen molar-refractivity contribution < 1.29 is 9.59 Å². The lowest BCUT2D eigenvalue weighted by Crippen LogP contribution is -2.51. The van der Waals surface area contributed by atoms with E-state index in [1.54, 1.807) is 31.2 Å². The lowest BCUT2D eigenvalue weighted by Gasteiger charge is -2.26. The van der Waals surface area contributed by atoms with Crippen molar-refractivity contribution in [2.75, 3.05) is 0 Å². The molecule has 19 heavy (non-hydrogen) atoms. The van der Waals surface area contributed by atoms with Crippen LogP contribution in [0.5, 0.6) is 0 Å². The fourth-order valence-electron chi connectivity index (χ4n) is 1.47. The van der Waals surface area contributed by atoms with Crippen LogP contribution < -0.4 is 10.6 Å². The predicted molar refractivity (Wildman–Crippen MR) is 75.9 cm³/mol. The minimum atomic E-state index is -0.557. The van der Waals surface area contributed by atoms with Crippen LogP contribution in [0.25, 0.3) is 0 Å². The number of benzene rings is 1. The molecule has 0 aliphatic carbocycles. The van der Waals surface area contributed by atoms with Gasteiger partial charge in [0.2, 0.25) is 5.91 Å². The lowest BCUT2D eigenvalue weighted by atomic mass is 10.0. The van der Waals surface area contributed by atoms with Crippen molar-refractivity contribution in [2.24, 2.45) is 0 Å². The molecule has 4 nitrogen and oxygen atoms in total. The molecule has 1 aromatic rings. The highest BCUT2D eigenvalue weighted by atomic mass is 16.2. The van der Waals surface area contributed by atoms with Crippen molar-refractivity contribution in [3.05, 3.63) is 35.9 Å². The highest BCUT2D eigenvalue weighted by Gasteiger charge is 2.22. The van der Waals surface area contributed by atoms with Crippen molar-refractivity contribution >= 4 is 11.8 Å². The monoisotopic (exact) mass is 262 g/mol. The summed E-state index contributed by atoms with van der Waals surface area (Å²) < 4.78 is 0. The summed E-state index contributed by atoms with van der Waals surface area (Å²) in [5.41, 5.74) is 0.292. The third kappa shape index (κ3) is 4.73. The van der Waals surface area contributed by atoms with Crippen LogP contribution in [0.2, 0.25) is 0 Å². The van der Waals surface area contributed by atoms with Gasteiger partial charge in [0.1, 0.15) is 6.04 Å². The van der Waals surface area contributed by atoms with Crippen molar-refractivity contribution in [1.82, 2.24) is 10.6 Å². The summed E-state index contributed by atoms with van der Waals surface area (Å²) in [6, 6.07) is 8.31. The molecule has 2 amide bonds. The molecule has 4 heteroatoms. The Kier molecular flexibility index (Phi) is 5.10. The Hall–Kier alpha value is -1.84. The van der Waals surface area contributed by atoms with E-state index in [1.165, 1.54) is 0 Å². The van der Waals surface area contributed by atoms with Gasteiger partial charge < -0.3 is 10.6 Å². The Morgan fingerprint density at radius 1 is 1.21 bits per heavy atom. The van der Waals surface area contributed by atoms with Gasteiger partial charge in [-0.05, 0) is 39.3 Å². The maximum atomic E-state index is 12.0. The van der Waals surface area contributed by atoms with E-state index in [0.29, 0.717) is 5.56 Å². The van der Waals surface area contributed by atoms with Gasteiger partial charge in [0, 0.05) is 11.1 Å². The Bertz CT molecular complexity index is 441. The molecule has 104 valence electrons. The van der Waals surface area contributed by atoms with Gasteiger partial charge in [-0.1, -0.05) is 25.1 Å². The van der Waals surface area contributed by atoms with Crippen molar-refractivity contribution in [2.45, 2.75) is 45.7 Å². The molecule has 1 aromatic carbocycles. The largest absolute Gasteiger partial charge is 0.349 e. The normalized spacial score (nSPS) is 12.6. The number of nitrogens with one attached hydrogen (secondary N) is 2. The minimum Gasteiger partial charge on any atom is -0.349 e. The van der Waals surface area contributed by atoms with E-state index in [-0.39, 0.29) is 17.4 Å². The fourth-order valence-corrected chi connectivity index (χ4v) is 1.47. The molecule has 1 unspecified atom stereocenters. The van der Waals surface area contributed by atoms with Gasteiger partial charge in [0.05, 0.1) is 0 Å². The van der Waals surface area contributed by atoms with Gasteiger partial charge in [-0.2, -0.15) is 0 Å². The molecule has 0 radical (unpaired) electrons. The van der Waals surface area contributed by atoms with Crippen LogP contribution in [0.1, 0.15) is 44.5 Å². The van der Waals surface area contributed by atoms with Crippen molar-refractivity contribution in [3.8, 4) is 0 Å². The molecule has 2 N–H and O–H groups in total. The van der Waals surface area contributed by atoms with E-state index in [2.05, 4.69) is 10.6 Å². The van der Waals surface area contributed by atoms with Crippen LogP contribution in [-0.2, 0) is 4.79 Å². The van der Waals surface area contributed by atoms with E-state index < -0.39 is 6.04 Å². The summed E-state index contributed by atoms with van der Waals surface area (Å²) in [4.78, 5) is 23.9. The summed E-state index contributed by atoms with van der Waals surface area (Å²) in [5.74, 6) is -0.409. The smallest absolute Gasteiger partial charge is 0.251 e. The third-order valence-corrected chi connectivity index (χ3v) is 3.12. The number of hydrogen-bond acceptors (Lipinski definition) is 2. The molecule has 0 heterocycles. The van der Waals surface area contributed by atoms with E-state index in [9.17, 15) is 9.59 Å². The van der Waals surface area contributed by atoms with Crippen LogP contribution >= 0.6 is 0 Å². The van der Waals surface area contributed by atoms with Crippen LogP contribution in [0.3, 0.4) is 0 Å².